The minimum absolute atomic E-state index is 0. The molecule has 2 aliphatic heterocycles. The molecule has 7 heteroatoms. The van der Waals surface area contributed by atoms with Crippen LogP contribution in [-0.2, 0) is 17.8 Å². The third-order valence-electron chi connectivity index (χ3n) is 6.53. The molecule has 2 heterocycles. The maximum absolute atomic E-state index is 5.45. The Morgan fingerprint density at radius 3 is 2.26 bits per heavy atom. The molecule has 1 atom stereocenters. The Labute approximate surface area is 222 Å². The third-order valence-corrected chi connectivity index (χ3v) is 6.53. The molecule has 34 heavy (non-hydrogen) atoms. The molecule has 0 radical (unpaired) electrons. The lowest BCUT2D eigenvalue weighted by Crippen LogP contribution is -2.42. The second kappa shape index (κ2) is 14.7. The van der Waals surface area contributed by atoms with Crippen LogP contribution in [0.3, 0.4) is 0 Å². The average molecular weight is 578 g/mol. The highest BCUT2D eigenvalue weighted by Crippen LogP contribution is 2.24. The largest absolute Gasteiger partial charge is 0.379 e. The van der Waals surface area contributed by atoms with E-state index >= 15 is 0 Å². The van der Waals surface area contributed by atoms with Crippen LogP contribution in [-0.4, -0.2) is 68.2 Å². The van der Waals surface area contributed by atoms with Gasteiger partial charge in [-0.15, -0.1) is 24.0 Å². The molecular weight excluding hydrogens is 537 g/mol. The van der Waals surface area contributed by atoms with Crippen molar-refractivity contribution in [1.29, 1.82) is 0 Å². The lowest BCUT2D eigenvalue weighted by Gasteiger charge is -2.29. The molecule has 0 bridgehead atoms. The fourth-order valence-electron chi connectivity index (χ4n) is 4.66. The van der Waals surface area contributed by atoms with Crippen molar-refractivity contribution in [2.75, 3.05) is 52.5 Å². The van der Waals surface area contributed by atoms with E-state index in [4.69, 9.17) is 9.73 Å². The van der Waals surface area contributed by atoms with Gasteiger partial charge in [-0.1, -0.05) is 54.6 Å². The van der Waals surface area contributed by atoms with Crippen molar-refractivity contribution >= 4 is 29.9 Å². The minimum Gasteiger partial charge on any atom is -0.379 e. The van der Waals surface area contributed by atoms with E-state index in [1.54, 1.807) is 0 Å². The first-order valence-corrected chi connectivity index (χ1v) is 12.5. The number of hydrogen-bond acceptors (Lipinski definition) is 4. The molecule has 2 saturated heterocycles. The van der Waals surface area contributed by atoms with Gasteiger partial charge in [-0.25, -0.2) is 4.99 Å². The molecule has 0 saturated carbocycles. The van der Waals surface area contributed by atoms with Gasteiger partial charge in [-0.3, -0.25) is 9.80 Å². The molecule has 0 aliphatic carbocycles. The highest BCUT2D eigenvalue weighted by atomic mass is 127. The van der Waals surface area contributed by atoms with Crippen LogP contribution >= 0.6 is 24.0 Å². The summed E-state index contributed by atoms with van der Waals surface area (Å²) in [6, 6.07) is 20.1. The fraction of sp³-hybridized carbons (Fsp3) is 0.519. The van der Waals surface area contributed by atoms with Crippen LogP contribution in [0, 0.1) is 0 Å². The van der Waals surface area contributed by atoms with Crippen LogP contribution in [0.5, 0.6) is 0 Å². The van der Waals surface area contributed by atoms with Gasteiger partial charge < -0.3 is 15.4 Å². The lowest BCUT2D eigenvalue weighted by molar-refractivity contribution is 0.0342. The molecule has 0 spiro atoms. The molecule has 0 amide bonds. The van der Waals surface area contributed by atoms with Crippen molar-refractivity contribution in [2.24, 2.45) is 4.99 Å². The van der Waals surface area contributed by atoms with Gasteiger partial charge >= 0.3 is 0 Å². The normalized spacial score (nSPS) is 18.3. The first-order valence-electron chi connectivity index (χ1n) is 12.5. The summed E-state index contributed by atoms with van der Waals surface area (Å²) in [6.07, 6.45) is 2.58. The maximum Gasteiger partial charge on any atom is 0.191 e. The number of benzene rings is 2. The number of hydrogen-bond donors (Lipinski definition) is 2. The van der Waals surface area contributed by atoms with Crippen molar-refractivity contribution in [3.8, 4) is 0 Å². The number of morpholine rings is 1. The summed E-state index contributed by atoms with van der Waals surface area (Å²) in [6.45, 7) is 11.6. The summed E-state index contributed by atoms with van der Waals surface area (Å²) in [5.41, 5.74) is 3.96. The van der Waals surface area contributed by atoms with Crippen molar-refractivity contribution in [1.82, 2.24) is 20.4 Å². The van der Waals surface area contributed by atoms with Crippen LogP contribution in [0.25, 0.3) is 0 Å². The number of aliphatic imine (C=N–C) groups is 1. The van der Waals surface area contributed by atoms with Crippen molar-refractivity contribution in [2.45, 2.75) is 38.9 Å². The Balaban J connectivity index is 0.00000324. The molecule has 2 fully saturated rings. The van der Waals surface area contributed by atoms with Crippen LogP contribution in [0.15, 0.2) is 59.6 Å². The summed E-state index contributed by atoms with van der Waals surface area (Å²) < 4.78 is 5.45. The number of nitrogens with zero attached hydrogens (tertiary/aromatic N) is 3. The first-order chi connectivity index (χ1) is 16.3. The summed E-state index contributed by atoms with van der Waals surface area (Å²) in [4.78, 5) is 9.92. The van der Waals surface area contributed by atoms with Gasteiger partial charge in [0, 0.05) is 32.7 Å². The van der Waals surface area contributed by atoms with E-state index in [9.17, 15) is 0 Å². The van der Waals surface area contributed by atoms with Crippen LogP contribution < -0.4 is 10.6 Å². The summed E-state index contributed by atoms with van der Waals surface area (Å²) in [7, 11) is 0. The van der Waals surface area contributed by atoms with Crippen molar-refractivity contribution in [3.63, 3.8) is 0 Å². The van der Waals surface area contributed by atoms with E-state index in [0.29, 0.717) is 12.6 Å². The SMILES string of the molecule is CCNC(=NCc1ccc(CN2CCOCC2)cc1)NCC(c1ccccc1)N1CCCC1.I. The Morgan fingerprint density at radius 1 is 0.912 bits per heavy atom. The van der Waals surface area contributed by atoms with Gasteiger partial charge in [0.05, 0.1) is 25.8 Å². The van der Waals surface area contributed by atoms with Crippen LogP contribution in [0.2, 0.25) is 0 Å². The van der Waals surface area contributed by atoms with E-state index in [1.807, 2.05) is 0 Å². The van der Waals surface area contributed by atoms with Gasteiger partial charge in [-0.05, 0) is 49.5 Å². The van der Waals surface area contributed by atoms with E-state index in [-0.39, 0.29) is 24.0 Å². The third kappa shape index (κ3) is 8.22. The average Bonchev–Trinajstić information content (AvgIpc) is 3.39. The van der Waals surface area contributed by atoms with E-state index in [0.717, 1.165) is 51.9 Å². The number of ether oxygens (including phenoxy) is 1. The quantitative estimate of drug-likeness (QED) is 0.268. The molecule has 0 aromatic heterocycles. The Kier molecular flexibility index (Phi) is 11.6. The van der Waals surface area contributed by atoms with Crippen molar-refractivity contribution in [3.05, 3.63) is 71.3 Å². The molecular formula is C27H40IN5O. The van der Waals surface area contributed by atoms with Crippen molar-refractivity contribution < 1.29 is 4.74 Å². The Morgan fingerprint density at radius 2 is 1.59 bits per heavy atom. The predicted molar refractivity (Wildman–Crippen MR) is 151 cm³/mol. The smallest absolute Gasteiger partial charge is 0.191 e. The van der Waals surface area contributed by atoms with Gasteiger partial charge in [0.15, 0.2) is 5.96 Å². The molecule has 6 nitrogen and oxygen atoms in total. The zero-order chi connectivity index (χ0) is 22.7. The topological polar surface area (TPSA) is 52.1 Å². The second-order valence-corrected chi connectivity index (χ2v) is 8.95. The van der Waals surface area contributed by atoms with Crippen LogP contribution in [0.4, 0.5) is 0 Å². The van der Waals surface area contributed by atoms with Gasteiger partial charge in [0.25, 0.3) is 0 Å². The molecule has 2 aromatic rings. The predicted octanol–water partition coefficient (Wildman–Crippen LogP) is 4.03. The zero-order valence-corrected chi connectivity index (χ0v) is 22.7. The van der Waals surface area contributed by atoms with Gasteiger partial charge in [0.1, 0.15) is 0 Å². The molecule has 4 rings (SSSR count). The van der Waals surface area contributed by atoms with E-state index in [2.05, 4.69) is 82.0 Å². The number of halogens is 1. The summed E-state index contributed by atoms with van der Waals surface area (Å²) in [5, 5.41) is 7.03. The maximum atomic E-state index is 5.45. The monoisotopic (exact) mass is 577 g/mol. The molecule has 2 N–H and O–H groups in total. The van der Waals surface area contributed by atoms with Gasteiger partial charge in [-0.2, -0.15) is 0 Å². The zero-order valence-electron chi connectivity index (χ0n) is 20.4. The van der Waals surface area contributed by atoms with E-state index in [1.165, 1.54) is 42.6 Å². The number of nitrogens with one attached hydrogen (secondary N) is 2. The standard InChI is InChI=1S/C27H39N5O.HI/c1-2-28-27(30-21-26(32-14-6-7-15-32)25-8-4-3-5-9-25)29-20-23-10-12-24(13-11-23)22-31-16-18-33-19-17-31;/h3-5,8-13,26H,2,6-7,14-22H2,1H3,(H2,28,29,30);1H. The molecule has 2 aromatic carbocycles. The highest BCUT2D eigenvalue weighted by molar-refractivity contribution is 14.0. The highest BCUT2D eigenvalue weighted by Gasteiger charge is 2.23. The van der Waals surface area contributed by atoms with Crippen LogP contribution in [0.1, 0.15) is 42.5 Å². The molecule has 2 aliphatic rings. The summed E-state index contributed by atoms with van der Waals surface area (Å²) in [5.74, 6) is 0.884. The second-order valence-electron chi connectivity index (χ2n) is 8.95. The van der Waals surface area contributed by atoms with E-state index < -0.39 is 0 Å². The Hall–Kier alpha value is -1.68. The molecule has 1 unspecified atom stereocenters. The summed E-state index contributed by atoms with van der Waals surface area (Å²) >= 11 is 0. The fourth-order valence-corrected chi connectivity index (χ4v) is 4.66. The first kappa shape index (κ1) is 26.9. The Bertz CT molecular complexity index is 849. The lowest BCUT2D eigenvalue weighted by atomic mass is 10.1. The van der Waals surface area contributed by atoms with Gasteiger partial charge in [0.2, 0.25) is 0 Å². The number of likely N-dealkylation sites (tertiary alicyclic amines) is 1. The minimum atomic E-state index is 0. The molecule has 186 valence electrons. The number of rotatable bonds is 9. The number of guanidine groups is 1.